The Morgan fingerprint density at radius 3 is 2.30 bits per heavy atom. The van der Waals surface area contributed by atoms with Crippen molar-refractivity contribution in [1.82, 2.24) is 9.80 Å². The summed E-state index contributed by atoms with van der Waals surface area (Å²) in [5.41, 5.74) is 4.32. The SMILES string of the molecule is CCCC(C)N1CCC(N(Cc2ccccc2)C(=O)Nc2c(C)cccc2C)CC1. The normalized spacial score (nSPS) is 16.3. The Morgan fingerprint density at radius 2 is 1.70 bits per heavy atom. The van der Waals surface area contributed by atoms with E-state index < -0.39 is 0 Å². The fraction of sp³-hybridized carbons (Fsp3) is 0.500. The molecule has 1 heterocycles. The predicted molar refractivity (Wildman–Crippen MR) is 126 cm³/mol. The smallest absolute Gasteiger partial charge is 0.317 e. The topological polar surface area (TPSA) is 35.6 Å². The molecule has 0 bridgehead atoms. The molecule has 0 aromatic heterocycles. The number of anilines is 1. The van der Waals surface area contributed by atoms with Crippen molar-refractivity contribution >= 4 is 11.7 Å². The highest BCUT2D eigenvalue weighted by atomic mass is 16.2. The van der Waals surface area contributed by atoms with Gasteiger partial charge < -0.3 is 15.1 Å². The molecule has 30 heavy (non-hydrogen) atoms. The summed E-state index contributed by atoms with van der Waals surface area (Å²) in [5, 5.41) is 3.22. The number of rotatable bonds is 7. The van der Waals surface area contributed by atoms with Crippen molar-refractivity contribution in [2.75, 3.05) is 18.4 Å². The Bertz CT molecular complexity index is 792. The number of carbonyl (C=O) groups excluding carboxylic acids is 1. The van der Waals surface area contributed by atoms with Gasteiger partial charge in [-0.25, -0.2) is 4.79 Å². The molecule has 1 aliphatic rings. The molecule has 162 valence electrons. The number of hydrogen-bond donors (Lipinski definition) is 1. The molecule has 1 atom stereocenters. The van der Waals surface area contributed by atoms with Gasteiger partial charge in [-0.1, -0.05) is 61.9 Å². The molecule has 0 aliphatic carbocycles. The summed E-state index contributed by atoms with van der Waals surface area (Å²) in [5.74, 6) is 0. The largest absolute Gasteiger partial charge is 0.322 e. The predicted octanol–water partition coefficient (Wildman–Crippen LogP) is 5.99. The Kier molecular flexibility index (Phi) is 7.92. The third-order valence-electron chi connectivity index (χ3n) is 6.44. The first-order chi connectivity index (χ1) is 14.5. The van der Waals surface area contributed by atoms with Gasteiger partial charge in [0.2, 0.25) is 0 Å². The quantitative estimate of drug-likeness (QED) is 0.612. The first-order valence-corrected chi connectivity index (χ1v) is 11.4. The number of para-hydroxylation sites is 1. The molecule has 3 rings (SSSR count). The van der Waals surface area contributed by atoms with Gasteiger partial charge in [-0.05, 0) is 56.7 Å². The van der Waals surface area contributed by atoms with Gasteiger partial charge in [-0.3, -0.25) is 0 Å². The summed E-state index contributed by atoms with van der Waals surface area (Å²) < 4.78 is 0. The number of hydrogen-bond acceptors (Lipinski definition) is 2. The number of aryl methyl sites for hydroxylation is 2. The van der Waals surface area contributed by atoms with Crippen LogP contribution in [-0.4, -0.2) is 41.0 Å². The molecule has 1 unspecified atom stereocenters. The van der Waals surface area contributed by atoms with Gasteiger partial charge in [0.15, 0.2) is 0 Å². The van der Waals surface area contributed by atoms with E-state index in [0.29, 0.717) is 12.6 Å². The van der Waals surface area contributed by atoms with E-state index in [-0.39, 0.29) is 12.1 Å². The van der Waals surface area contributed by atoms with Gasteiger partial charge >= 0.3 is 6.03 Å². The number of nitrogens with one attached hydrogen (secondary N) is 1. The van der Waals surface area contributed by atoms with Gasteiger partial charge in [0.1, 0.15) is 0 Å². The number of carbonyl (C=O) groups is 1. The van der Waals surface area contributed by atoms with Crippen LogP contribution in [0, 0.1) is 13.8 Å². The van der Waals surface area contributed by atoms with E-state index in [2.05, 4.69) is 67.1 Å². The van der Waals surface area contributed by atoms with Gasteiger partial charge in [-0.2, -0.15) is 0 Å². The van der Waals surface area contributed by atoms with Crippen LogP contribution in [0.2, 0.25) is 0 Å². The van der Waals surface area contributed by atoms with Gasteiger partial charge in [0, 0.05) is 37.4 Å². The van der Waals surface area contributed by atoms with Crippen molar-refractivity contribution in [3.8, 4) is 0 Å². The Hall–Kier alpha value is -2.33. The summed E-state index contributed by atoms with van der Waals surface area (Å²) in [6, 6.07) is 17.4. The second kappa shape index (κ2) is 10.6. The molecule has 2 aromatic carbocycles. The molecule has 1 aliphatic heterocycles. The molecule has 1 fully saturated rings. The molecule has 1 N–H and O–H groups in total. The van der Waals surface area contributed by atoms with Crippen LogP contribution in [0.4, 0.5) is 10.5 Å². The average Bonchev–Trinajstić information content (AvgIpc) is 2.75. The number of amides is 2. The fourth-order valence-corrected chi connectivity index (χ4v) is 4.58. The zero-order chi connectivity index (χ0) is 21.5. The summed E-state index contributed by atoms with van der Waals surface area (Å²) in [7, 11) is 0. The third-order valence-corrected chi connectivity index (χ3v) is 6.44. The molecule has 4 nitrogen and oxygen atoms in total. The first kappa shape index (κ1) is 22.4. The summed E-state index contributed by atoms with van der Waals surface area (Å²) in [4.78, 5) is 18.1. The van der Waals surface area contributed by atoms with Crippen molar-refractivity contribution in [2.45, 2.75) is 72.0 Å². The maximum absolute atomic E-state index is 13.4. The molecule has 0 saturated carbocycles. The van der Waals surface area contributed by atoms with E-state index in [1.165, 1.54) is 18.4 Å². The monoisotopic (exact) mass is 407 g/mol. The molecular weight excluding hydrogens is 370 g/mol. The molecule has 2 amide bonds. The standard InChI is InChI=1S/C26H37N3O/c1-5-10-22(4)28-17-15-24(16-18-28)29(19-23-13-7-6-8-14-23)26(30)27-25-20(2)11-9-12-21(25)3/h6-9,11-14,22,24H,5,10,15-19H2,1-4H3,(H,27,30). The number of piperidine rings is 1. The zero-order valence-corrected chi connectivity index (χ0v) is 19.0. The Labute approximate surface area is 182 Å². The lowest BCUT2D eigenvalue weighted by Gasteiger charge is -2.41. The summed E-state index contributed by atoms with van der Waals surface area (Å²) >= 11 is 0. The van der Waals surface area contributed by atoms with E-state index >= 15 is 0 Å². The highest BCUT2D eigenvalue weighted by molar-refractivity contribution is 5.91. The average molecular weight is 408 g/mol. The second-order valence-corrected chi connectivity index (χ2v) is 8.72. The van der Waals surface area contributed by atoms with Crippen LogP contribution in [0.5, 0.6) is 0 Å². The van der Waals surface area contributed by atoms with Crippen LogP contribution >= 0.6 is 0 Å². The van der Waals surface area contributed by atoms with Crippen LogP contribution in [0.15, 0.2) is 48.5 Å². The van der Waals surface area contributed by atoms with E-state index in [9.17, 15) is 4.79 Å². The van der Waals surface area contributed by atoms with E-state index in [4.69, 9.17) is 0 Å². The van der Waals surface area contributed by atoms with E-state index in [1.54, 1.807) is 0 Å². The van der Waals surface area contributed by atoms with Crippen LogP contribution in [0.3, 0.4) is 0 Å². The summed E-state index contributed by atoms with van der Waals surface area (Å²) in [6.07, 6.45) is 4.52. The molecule has 2 aromatic rings. The number of benzene rings is 2. The lowest BCUT2D eigenvalue weighted by Crippen LogP contribution is -2.50. The minimum atomic E-state index is 0.0105. The maximum atomic E-state index is 13.4. The molecule has 4 heteroatoms. The van der Waals surface area contributed by atoms with Crippen molar-refractivity contribution in [3.05, 3.63) is 65.2 Å². The Morgan fingerprint density at radius 1 is 1.07 bits per heavy atom. The minimum Gasteiger partial charge on any atom is -0.317 e. The maximum Gasteiger partial charge on any atom is 0.322 e. The second-order valence-electron chi connectivity index (χ2n) is 8.72. The molecule has 1 saturated heterocycles. The van der Waals surface area contributed by atoms with E-state index in [1.807, 2.05) is 24.3 Å². The lowest BCUT2D eigenvalue weighted by atomic mass is 10.00. The number of nitrogens with zero attached hydrogens (tertiary/aromatic N) is 2. The van der Waals surface area contributed by atoms with Gasteiger partial charge in [0.25, 0.3) is 0 Å². The number of urea groups is 1. The highest BCUT2D eigenvalue weighted by Gasteiger charge is 2.30. The highest BCUT2D eigenvalue weighted by Crippen LogP contribution is 2.25. The third kappa shape index (κ3) is 5.63. The van der Waals surface area contributed by atoms with Crippen molar-refractivity contribution in [3.63, 3.8) is 0 Å². The fourth-order valence-electron chi connectivity index (χ4n) is 4.58. The van der Waals surface area contributed by atoms with E-state index in [0.717, 1.165) is 42.7 Å². The summed E-state index contributed by atoms with van der Waals surface area (Å²) in [6.45, 7) is 11.5. The van der Waals surface area contributed by atoms with Gasteiger partial charge in [0.05, 0.1) is 0 Å². The van der Waals surface area contributed by atoms with Crippen molar-refractivity contribution in [1.29, 1.82) is 0 Å². The zero-order valence-electron chi connectivity index (χ0n) is 19.0. The van der Waals surface area contributed by atoms with Crippen LogP contribution < -0.4 is 5.32 Å². The van der Waals surface area contributed by atoms with Crippen molar-refractivity contribution in [2.24, 2.45) is 0 Å². The lowest BCUT2D eigenvalue weighted by molar-refractivity contribution is 0.0989. The van der Waals surface area contributed by atoms with Crippen LogP contribution in [0.25, 0.3) is 0 Å². The van der Waals surface area contributed by atoms with Gasteiger partial charge in [-0.15, -0.1) is 0 Å². The minimum absolute atomic E-state index is 0.0105. The Balaban J connectivity index is 1.75. The first-order valence-electron chi connectivity index (χ1n) is 11.4. The molecule has 0 spiro atoms. The van der Waals surface area contributed by atoms with Crippen LogP contribution in [0.1, 0.15) is 56.2 Å². The number of likely N-dealkylation sites (tertiary alicyclic amines) is 1. The molecule has 0 radical (unpaired) electrons. The molecular formula is C26H37N3O. The van der Waals surface area contributed by atoms with Crippen molar-refractivity contribution < 1.29 is 4.79 Å². The van der Waals surface area contributed by atoms with Crippen LogP contribution in [-0.2, 0) is 6.54 Å².